The van der Waals surface area contributed by atoms with Crippen LogP contribution in [0.5, 0.6) is 0 Å². The summed E-state index contributed by atoms with van der Waals surface area (Å²) in [7, 11) is 0. The van der Waals surface area contributed by atoms with Gasteiger partial charge in [-0.1, -0.05) is 0 Å². The molecule has 2 atom stereocenters. The first-order chi connectivity index (χ1) is 13.7. The lowest BCUT2D eigenvalue weighted by molar-refractivity contribution is 0.402. The molecule has 3 aromatic heterocycles. The van der Waals surface area contributed by atoms with E-state index < -0.39 is 0 Å². The van der Waals surface area contributed by atoms with Crippen molar-refractivity contribution in [2.24, 2.45) is 0 Å². The number of H-pyrrole nitrogens is 1. The average Bonchev–Trinajstić information content (AvgIpc) is 3.39. The zero-order valence-corrected chi connectivity index (χ0v) is 15.7. The molecule has 142 valence electrons. The Morgan fingerprint density at radius 1 is 1.07 bits per heavy atom. The lowest BCUT2D eigenvalue weighted by Gasteiger charge is -2.35. The van der Waals surface area contributed by atoms with E-state index in [9.17, 15) is 0 Å². The van der Waals surface area contributed by atoms with Gasteiger partial charge in [-0.25, -0.2) is 9.67 Å². The van der Waals surface area contributed by atoms with Gasteiger partial charge in [-0.3, -0.25) is 5.10 Å². The molecule has 9 nitrogen and oxygen atoms in total. The first-order valence-electron chi connectivity index (χ1n) is 9.36. The second-order valence-electron chi connectivity index (χ2n) is 7.26. The van der Waals surface area contributed by atoms with Crippen molar-refractivity contribution in [1.29, 1.82) is 0 Å². The number of aromatic nitrogens is 7. The Kier molecular flexibility index (Phi) is 4.01. The molecule has 4 aromatic rings. The number of piperazine rings is 1. The molecule has 28 heavy (non-hydrogen) atoms. The molecule has 1 aliphatic heterocycles. The minimum Gasteiger partial charge on any atom is -0.336 e. The zero-order valence-electron chi connectivity index (χ0n) is 15.7. The topological polar surface area (TPSA) is 100 Å². The molecule has 1 aromatic carbocycles. The standard InChI is InChI=1S/C19H21N9/c1-12-10-27(11-13(2)23-12)19-20-9-16(24-26-19)14-4-5-17(28-7-3-6-22-28)18-15(14)8-21-25-18/h3-9,12-13,23H,10-11H2,1-2H3,(H,21,25)/t12-,13+. The number of benzene rings is 1. The van der Waals surface area contributed by atoms with Gasteiger partial charge in [0.05, 0.1) is 23.6 Å². The Labute approximate surface area is 161 Å². The summed E-state index contributed by atoms with van der Waals surface area (Å²) in [6, 6.07) is 6.69. The van der Waals surface area contributed by atoms with Crippen molar-refractivity contribution in [2.45, 2.75) is 25.9 Å². The average molecular weight is 375 g/mol. The van der Waals surface area contributed by atoms with Gasteiger partial charge in [-0.15, -0.1) is 10.2 Å². The van der Waals surface area contributed by atoms with E-state index in [1.54, 1.807) is 18.6 Å². The van der Waals surface area contributed by atoms with Crippen LogP contribution < -0.4 is 10.2 Å². The van der Waals surface area contributed by atoms with E-state index in [-0.39, 0.29) is 0 Å². The second kappa shape index (κ2) is 6.68. The number of anilines is 1. The van der Waals surface area contributed by atoms with Crippen molar-refractivity contribution in [3.8, 4) is 16.9 Å². The lowest BCUT2D eigenvalue weighted by Crippen LogP contribution is -2.54. The smallest absolute Gasteiger partial charge is 0.245 e. The van der Waals surface area contributed by atoms with E-state index in [2.05, 4.69) is 54.5 Å². The van der Waals surface area contributed by atoms with Crippen LogP contribution in [0.15, 0.2) is 43.0 Å². The minimum atomic E-state index is 0.396. The molecule has 0 saturated carbocycles. The molecule has 0 unspecified atom stereocenters. The number of aromatic amines is 1. The first kappa shape index (κ1) is 16.8. The summed E-state index contributed by atoms with van der Waals surface area (Å²) >= 11 is 0. The molecule has 1 saturated heterocycles. The number of fused-ring (bicyclic) bond motifs is 1. The van der Waals surface area contributed by atoms with E-state index >= 15 is 0 Å². The third kappa shape index (κ3) is 2.89. The molecular weight excluding hydrogens is 354 g/mol. The highest BCUT2D eigenvalue weighted by Gasteiger charge is 2.23. The number of hydrogen-bond donors (Lipinski definition) is 2. The van der Waals surface area contributed by atoms with Crippen LogP contribution in [-0.2, 0) is 0 Å². The summed E-state index contributed by atoms with van der Waals surface area (Å²) in [5.41, 5.74) is 3.49. The number of nitrogens with zero attached hydrogens (tertiary/aromatic N) is 7. The SMILES string of the molecule is C[C@@H]1CN(c2ncc(-c3ccc(-n4cccn4)c4[nH]ncc34)nn2)C[C@H](C)N1. The van der Waals surface area contributed by atoms with Gasteiger partial charge in [0.25, 0.3) is 0 Å². The molecule has 0 aliphatic carbocycles. The minimum absolute atomic E-state index is 0.396. The summed E-state index contributed by atoms with van der Waals surface area (Å²) < 4.78 is 1.81. The van der Waals surface area contributed by atoms with Crippen molar-refractivity contribution >= 4 is 16.9 Å². The van der Waals surface area contributed by atoms with Crippen molar-refractivity contribution < 1.29 is 0 Å². The Morgan fingerprint density at radius 3 is 2.64 bits per heavy atom. The van der Waals surface area contributed by atoms with Crippen LogP contribution in [0.1, 0.15) is 13.8 Å². The summed E-state index contributed by atoms with van der Waals surface area (Å²) in [6.07, 6.45) is 7.24. The van der Waals surface area contributed by atoms with Crippen LogP contribution in [0.3, 0.4) is 0 Å². The zero-order chi connectivity index (χ0) is 19.1. The second-order valence-corrected chi connectivity index (χ2v) is 7.26. The molecule has 0 spiro atoms. The maximum absolute atomic E-state index is 4.59. The van der Waals surface area contributed by atoms with Crippen LogP contribution in [0.2, 0.25) is 0 Å². The third-order valence-electron chi connectivity index (χ3n) is 5.01. The Bertz CT molecular complexity index is 1070. The normalized spacial score (nSPS) is 20.0. The van der Waals surface area contributed by atoms with Crippen LogP contribution >= 0.6 is 0 Å². The van der Waals surface area contributed by atoms with Gasteiger partial charge in [0.1, 0.15) is 5.69 Å². The van der Waals surface area contributed by atoms with Gasteiger partial charge in [0.2, 0.25) is 5.95 Å². The summed E-state index contributed by atoms with van der Waals surface area (Å²) in [4.78, 5) is 6.76. The summed E-state index contributed by atoms with van der Waals surface area (Å²) in [6.45, 7) is 6.08. The predicted octanol–water partition coefficient (Wildman–Crippen LogP) is 1.79. The molecule has 0 amide bonds. The fourth-order valence-electron chi connectivity index (χ4n) is 3.87. The molecule has 1 fully saturated rings. The number of nitrogens with one attached hydrogen (secondary N) is 2. The van der Waals surface area contributed by atoms with E-state index in [1.165, 1.54) is 0 Å². The highest BCUT2D eigenvalue weighted by molar-refractivity contribution is 5.97. The Balaban J connectivity index is 1.49. The van der Waals surface area contributed by atoms with Gasteiger partial charge >= 0.3 is 0 Å². The molecule has 4 heterocycles. The lowest BCUT2D eigenvalue weighted by atomic mass is 10.1. The van der Waals surface area contributed by atoms with Gasteiger partial charge in [-0.05, 0) is 32.0 Å². The van der Waals surface area contributed by atoms with E-state index in [1.807, 2.05) is 29.1 Å². The maximum Gasteiger partial charge on any atom is 0.245 e. The van der Waals surface area contributed by atoms with Gasteiger partial charge in [-0.2, -0.15) is 10.2 Å². The maximum atomic E-state index is 4.59. The van der Waals surface area contributed by atoms with Crippen LogP contribution in [0, 0.1) is 0 Å². The molecule has 2 N–H and O–H groups in total. The summed E-state index contributed by atoms with van der Waals surface area (Å²) in [5, 5.41) is 24.9. The molecular formula is C19H21N9. The van der Waals surface area contributed by atoms with Crippen LogP contribution in [0.25, 0.3) is 27.8 Å². The van der Waals surface area contributed by atoms with Gasteiger partial charge in [0, 0.05) is 48.5 Å². The molecule has 5 rings (SSSR count). The Morgan fingerprint density at radius 2 is 1.93 bits per heavy atom. The molecule has 1 aliphatic rings. The summed E-state index contributed by atoms with van der Waals surface area (Å²) in [5.74, 6) is 0.667. The van der Waals surface area contributed by atoms with E-state index in [0.29, 0.717) is 18.0 Å². The first-order valence-corrected chi connectivity index (χ1v) is 9.36. The van der Waals surface area contributed by atoms with Crippen molar-refractivity contribution in [1.82, 2.24) is 40.5 Å². The van der Waals surface area contributed by atoms with Gasteiger partial charge < -0.3 is 10.2 Å². The molecule has 0 radical (unpaired) electrons. The number of rotatable bonds is 3. The van der Waals surface area contributed by atoms with Crippen molar-refractivity contribution in [3.63, 3.8) is 0 Å². The van der Waals surface area contributed by atoms with Crippen molar-refractivity contribution in [3.05, 3.63) is 43.0 Å². The molecule has 9 heteroatoms. The highest BCUT2D eigenvalue weighted by Crippen LogP contribution is 2.29. The molecule has 0 bridgehead atoms. The highest BCUT2D eigenvalue weighted by atomic mass is 15.3. The van der Waals surface area contributed by atoms with Crippen molar-refractivity contribution in [2.75, 3.05) is 18.0 Å². The third-order valence-corrected chi connectivity index (χ3v) is 5.01. The van der Waals surface area contributed by atoms with Crippen LogP contribution in [0.4, 0.5) is 5.95 Å². The van der Waals surface area contributed by atoms with Gasteiger partial charge in [0.15, 0.2) is 0 Å². The van der Waals surface area contributed by atoms with E-state index in [0.717, 1.165) is 40.9 Å². The fourth-order valence-corrected chi connectivity index (χ4v) is 3.87. The largest absolute Gasteiger partial charge is 0.336 e. The van der Waals surface area contributed by atoms with Crippen LogP contribution in [-0.4, -0.2) is 60.3 Å². The monoisotopic (exact) mass is 375 g/mol. The quantitative estimate of drug-likeness (QED) is 0.563. The fraction of sp³-hybridized carbons (Fsp3) is 0.316. The number of hydrogen-bond acceptors (Lipinski definition) is 7. The Hall–Kier alpha value is -3.33. The van der Waals surface area contributed by atoms with E-state index in [4.69, 9.17) is 0 Å². The predicted molar refractivity (Wildman–Crippen MR) is 106 cm³/mol.